The summed E-state index contributed by atoms with van der Waals surface area (Å²) in [5.74, 6) is 2.56. The number of rotatable bonds is 5. The Kier molecular flexibility index (Phi) is 4.26. The number of hydrogen-bond donors (Lipinski definition) is 4. The molecule has 1 amide bonds. The van der Waals surface area contributed by atoms with Gasteiger partial charge in [0.2, 0.25) is 0 Å². The van der Waals surface area contributed by atoms with Gasteiger partial charge in [-0.1, -0.05) is 0 Å². The number of anilines is 1. The molecule has 6 nitrogen and oxygen atoms in total. The van der Waals surface area contributed by atoms with E-state index in [1.54, 1.807) is 6.20 Å². The molecule has 1 heterocycles. The van der Waals surface area contributed by atoms with Gasteiger partial charge in [-0.2, -0.15) is 0 Å². The molecular weight excluding hydrogens is 268 g/mol. The van der Waals surface area contributed by atoms with Crippen molar-refractivity contribution in [2.24, 2.45) is 5.84 Å². The van der Waals surface area contributed by atoms with Crippen molar-refractivity contribution in [2.45, 2.75) is 6.42 Å². The second-order valence-electron chi connectivity index (χ2n) is 4.04. The summed E-state index contributed by atoms with van der Waals surface area (Å²) in [5, 5.41) is 2.56. The molecule has 5 N–H and O–H groups in total. The third-order valence-corrected chi connectivity index (χ3v) is 2.68. The number of aromatic nitrogens is 2. The molecule has 0 aliphatic rings. The fourth-order valence-corrected chi connectivity index (χ4v) is 1.68. The zero-order valence-corrected chi connectivity index (χ0v) is 10.4. The van der Waals surface area contributed by atoms with Crippen LogP contribution in [-0.4, -0.2) is 22.4 Å². The normalized spacial score (nSPS) is 10.3. The van der Waals surface area contributed by atoms with Crippen LogP contribution in [0, 0.1) is 11.6 Å². The molecule has 0 aliphatic heterocycles. The number of carbonyl (C=O) groups excluding carboxylic acids is 1. The molecule has 0 aliphatic carbocycles. The van der Waals surface area contributed by atoms with Gasteiger partial charge in [-0.05, 0) is 12.1 Å². The van der Waals surface area contributed by atoms with Gasteiger partial charge in [0.25, 0.3) is 5.91 Å². The van der Waals surface area contributed by atoms with Gasteiger partial charge in [0, 0.05) is 30.4 Å². The van der Waals surface area contributed by atoms with Gasteiger partial charge in [-0.15, -0.1) is 0 Å². The summed E-state index contributed by atoms with van der Waals surface area (Å²) in [5.41, 5.74) is 2.17. The summed E-state index contributed by atoms with van der Waals surface area (Å²) in [4.78, 5) is 18.5. The molecular formula is C12H13F2N5O. The molecule has 0 bridgehead atoms. The van der Waals surface area contributed by atoms with Gasteiger partial charge in [0.05, 0.1) is 6.33 Å². The minimum atomic E-state index is -0.925. The van der Waals surface area contributed by atoms with E-state index in [9.17, 15) is 13.6 Å². The Morgan fingerprint density at radius 3 is 2.60 bits per heavy atom. The summed E-state index contributed by atoms with van der Waals surface area (Å²) in [7, 11) is 0. The standard InChI is InChI=1S/C12H13F2N5O/c13-9-3-7(4-10(14)11(9)19-15)12(20)17-2-1-8-5-16-6-18-8/h3-6,19H,1-2,15H2,(H,16,18)(H,17,20). The van der Waals surface area contributed by atoms with Crippen molar-refractivity contribution in [1.29, 1.82) is 0 Å². The quantitative estimate of drug-likeness (QED) is 0.484. The van der Waals surface area contributed by atoms with Crippen molar-refractivity contribution < 1.29 is 13.6 Å². The number of hydrogen-bond acceptors (Lipinski definition) is 4. The molecule has 2 rings (SSSR count). The molecule has 0 fully saturated rings. The van der Waals surface area contributed by atoms with E-state index in [2.05, 4.69) is 15.3 Å². The van der Waals surface area contributed by atoms with Crippen LogP contribution >= 0.6 is 0 Å². The van der Waals surface area contributed by atoms with Crippen LogP contribution in [0.3, 0.4) is 0 Å². The number of nitrogens with zero attached hydrogens (tertiary/aromatic N) is 1. The van der Waals surface area contributed by atoms with E-state index in [-0.39, 0.29) is 5.56 Å². The summed E-state index contributed by atoms with van der Waals surface area (Å²) in [6, 6.07) is 1.84. The van der Waals surface area contributed by atoms with Crippen molar-refractivity contribution in [3.05, 3.63) is 47.5 Å². The molecule has 106 valence electrons. The maximum absolute atomic E-state index is 13.4. The first-order valence-electron chi connectivity index (χ1n) is 5.83. The highest BCUT2D eigenvalue weighted by Gasteiger charge is 2.14. The van der Waals surface area contributed by atoms with Crippen molar-refractivity contribution in [1.82, 2.24) is 15.3 Å². The number of aromatic amines is 1. The van der Waals surface area contributed by atoms with Crippen LogP contribution in [0.5, 0.6) is 0 Å². The van der Waals surface area contributed by atoms with Crippen molar-refractivity contribution >= 4 is 11.6 Å². The lowest BCUT2D eigenvalue weighted by atomic mass is 10.1. The highest BCUT2D eigenvalue weighted by atomic mass is 19.1. The SMILES string of the molecule is NNc1c(F)cc(C(=O)NCCc2cnc[nH]2)cc1F. The van der Waals surface area contributed by atoms with Gasteiger partial charge in [0.1, 0.15) is 5.69 Å². The third kappa shape index (κ3) is 3.09. The molecule has 0 saturated carbocycles. The number of imidazole rings is 1. The maximum Gasteiger partial charge on any atom is 0.251 e. The van der Waals surface area contributed by atoms with Crippen LogP contribution in [0.15, 0.2) is 24.7 Å². The number of H-pyrrole nitrogens is 1. The first-order chi connectivity index (χ1) is 9.61. The van der Waals surface area contributed by atoms with Gasteiger partial charge >= 0.3 is 0 Å². The van der Waals surface area contributed by atoms with Crippen LogP contribution in [0.25, 0.3) is 0 Å². The zero-order chi connectivity index (χ0) is 14.5. The number of hydrazine groups is 1. The van der Waals surface area contributed by atoms with Crippen LogP contribution < -0.4 is 16.6 Å². The lowest BCUT2D eigenvalue weighted by Crippen LogP contribution is -2.26. The number of carbonyl (C=O) groups is 1. The second kappa shape index (κ2) is 6.11. The summed E-state index contributed by atoms with van der Waals surface area (Å²) >= 11 is 0. The van der Waals surface area contributed by atoms with E-state index in [1.807, 2.05) is 5.43 Å². The molecule has 0 spiro atoms. The van der Waals surface area contributed by atoms with Crippen molar-refractivity contribution in [2.75, 3.05) is 12.0 Å². The molecule has 20 heavy (non-hydrogen) atoms. The minimum absolute atomic E-state index is 0.108. The lowest BCUT2D eigenvalue weighted by molar-refractivity contribution is 0.0953. The number of nitrogen functional groups attached to an aromatic ring is 1. The Morgan fingerprint density at radius 2 is 2.05 bits per heavy atom. The Morgan fingerprint density at radius 1 is 1.35 bits per heavy atom. The number of nitrogens with one attached hydrogen (secondary N) is 3. The average Bonchev–Trinajstić information content (AvgIpc) is 2.91. The van der Waals surface area contributed by atoms with Gasteiger partial charge in [-0.3, -0.25) is 10.6 Å². The third-order valence-electron chi connectivity index (χ3n) is 2.68. The Bertz CT molecular complexity index is 577. The van der Waals surface area contributed by atoms with E-state index in [0.717, 1.165) is 17.8 Å². The maximum atomic E-state index is 13.4. The van der Waals surface area contributed by atoms with Gasteiger partial charge < -0.3 is 15.7 Å². The van der Waals surface area contributed by atoms with Crippen LogP contribution in [-0.2, 0) is 6.42 Å². The summed E-state index contributed by atoms with van der Waals surface area (Å²) in [6.45, 7) is 0.321. The number of nitrogens with two attached hydrogens (primary N) is 1. The molecule has 1 aromatic heterocycles. The predicted octanol–water partition coefficient (Wildman–Crippen LogP) is 0.946. The second-order valence-corrected chi connectivity index (χ2v) is 4.04. The molecule has 1 aromatic carbocycles. The molecule has 8 heteroatoms. The molecule has 0 radical (unpaired) electrons. The number of benzene rings is 1. The highest BCUT2D eigenvalue weighted by molar-refractivity contribution is 5.94. The van der Waals surface area contributed by atoms with Gasteiger partial charge in [0.15, 0.2) is 11.6 Å². The molecule has 0 unspecified atom stereocenters. The zero-order valence-electron chi connectivity index (χ0n) is 10.4. The summed E-state index contributed by atoms with van der Waals surface area (Å²) in [6.07, 6.45) is 3.70. The van der Waals surface area contributed by atoms with Crippen LogP contribution in [0.1, 0.15) is 16.1 Å². The smallest absolute Gasteiger partial charge is 0.251 e. The van der Waals surface area contributed by atoms with Crippen LogP contribution in [0.4, 0.5) is 14.5 Å². The predicted molar refractivity (Wildman–Crippen MR) is 68.8 cm³/mol. The first kappa shape index (κ1) is 13.9. The van der Waals surface area contributed by atoms with E-state index < -0.39 is 23.2 Å². The minimum Gasteiger partial charge on any atom is -0.352 e. The Balaban J connectivity index is 1.99. The molecule has 2 aromatic rings. The summed E-state index contributed by atoms with van der Waals surface area (Å²) < 4.78 is 26.9. The first-order valence-corrected chi connectivity index (χ1v) is 5.83. The van der Waals surface area contributed by atoms with E-state index >= 15 is 0 Å². The molecule has 0 saturated heterocycles. The van der Waals surface area contributed by atoms with Crippen molar-refractivity contribution in [3.63, 3.8) is 0 Å². The Hall–Kier alpha value is -2.48. The fourth-order valence-electron chi connectivity index (χ4n) is 1.68. The topological polar surface area (TPSA) is 95.8 Å². The van der Waals surface area contributed by atoms with E-state index in [0.29, 0.717) is 13.0 Å². The number of halogens is 2. The fraction of sp³-hybridized carbons (Fsp3) is 0.167. The number of amides is 1. The lowest BCUT2D eigenvalue weighted by Gasteiger charge is -2.08. The van der Waals surface area contributed by atoms with E-state index in [4.69, 9.17) is 5.84 Å². The monoisotopic (exact) mass is 281 g/mol. The van der Waals surface area contributed by atoms with Crippen molar-refractivity contribution in [3.8, 4) is 0 Å². The molecule has 0 atom stereocenters. The average molecular weight is 281 g/mol. The Labute approximate surface area is 113 Å². The highest BCUT2D eigenvalue weighted by Crippen LogP contribution is 2.19. The van der Waals surface area contributed by atoms with E-state index in [1.165, 1.54) is 6.33 Å². The largest absolute Gasteiger partial charge is 0.352 e. The van der Waals surface area contributed by atoms with Crippen LogP contribution in [0.2, 0.25) is 0 Å². The van der Waals surface area contributed by atoms with Gasteiger partial charge in [-0.25, -0.2) is 13.8 Å².